The van der Waals surface area contributed by atoms with E-state index >= 15 is 0 Å². The van der Waals surface area contributed by atoms with E-state index in [1.54, 1.807) is 6.92 Å². The number of hydrogen-bond acceptors (Lipinski definition) is 4. The van der Waals surface area contributed by atoms with Crippen molar-refractivity contribution in [3.63, 3.8) is 0 Å². The van der Waals surface area contributed by atoms with Crippen LogP contribution in [-0.2, 0) is 16.6 Å². The number of aryl methyl sites for hydroxylation is 1. The largest absolute Gasteiger partial charge is 0.529 e. The van der Waals surface area contributed by atoms with Crippen molar-refractivity contribution in [3.8, 4) is 0 Å². The Kier molecular flexibility index (Phi) is 5.24. The fourth-order valence-corrected chi connectivity index (χ4v) is 1.47. The quantitative estimate of drug-likeness (QED) is 0.269. The van der Waals surface area contributed by atoms with Gasteiger partial charge in [-0.3, -0.25) is 9.48 Å². The normalized spacial score (nSPS) is 9.37. The SMILES string of the molecule is Cc1c(NC(=O)CCN[C-]=O)nn(C)c1C(=O)O.[Fm]. The molecule has 1 aromatic rings. The maximum absolute atomic E-state index is 11.5. The first-order valence-electron chi connectivity index (χ1n) is 5.14. The van der Waals surface area contributed by atoms with Gasteiger partial charge in [0, 0.05) is 19.0 Å². The van der Waals surface area contributed by atoms with Crippen molar-refractivity contribution in [2.24, 2.45) is 7.05 Å². The van der Waals surface area contributed by atoms with Crippen molar-refractivity contribution in [2.45, 2.75) is 13.3 Å². The number of anilines is 1. The second-order valence-corrected chi connectivity index (χ2v) is 3.58. The number of rotatable bonds is 6. The van der Waals surface area contributed by atoms with Gasteiger partial charge in [-0.05, 0) is 13.5 Å². The monoisotopic (exact) mass is 510 g/mol. The van der Waals surface area contributed by atoms with Gasteiger partial charge in [-0.25, -0.2) is 4.79 Å². The first-order chi connectivity index (χ1) is 8.47. The third-order valence-corrected chi connectivity index (χ3v) is 2.29. The van der Waals surface area contributed by atoms with Gasteiger partial charge in [0.05, 0.1) is 0 Å². The maximum Gasteiger partial charge on any atom is 0.354 e. The van der Waals surface area contributed by atoms with Gasteiger partial charge in [-0.1, -0.05) is 0 Å². The molecule has 3 N–H and O–H groups in total. The minimum absolute atomic E-state index is 0. The molecule has 1 heterocycles. The Hall–Kier alpha value is -3.38. The second kappa shape index (κ2) is 6.38. The number of carbonyl (C=O) groups excluding carboxylic acids is 2. The molecule has 1 aromatic heterocycles. The molecule has 0 fully saturated rings. The summed E-state index contributed by atoms with van der Waals surface area (Å²) in [7, 11) is 1.48. The van der Waals surface area contributed by atoms with E-state index in [-0.39, 0.29) is 30.4 Å². The molecule has 19 heavy (non-hydrogen) atoms. The zero-order chi connectivity index (χ0) is 13.7. The van der Waals surface area contributed by atoms with Gasteiger partial charge < -0.3 is 20.5 Å². The molecule has 0 saturated heterocycles. The Labute approximate surface area is 103 Å². The average Bonchev–Trinajstić information content (AvgIpc) is 2.54. The molecule has 0 aliphatic carbocycles. The van der Waals surface area contributed by atoms with Gasteiger partial charge in [-0.15, -0.1) is 0 Å². The summed E-state index contributed by atoms with van der Waals surface area (Å²) in [5, 5.41) is 17.6. The first kappa shape index (κ1) is 15.6. The Balaban J connectivity index is 0.00000324. The molecule has 0 saturated carbocycles. The van der Waals surface area contributed by atoms with E-state index < -0.39 is 5.97 Å². The molecule has 0 bridgehead atoms. The minimum atomic E-state index is -1.11. The van der Waals surface area contributed by atoms with Crippen LogP contribution in [-0.4, -0.2) is 39.7 Å². The van der Waals surface area contributed by atoms with Crippen molar-refractivity contribution >= 4 is 24.1 Å². The van der Waals surface area contributed by atoms with Crippen LogP contribution in [0.15, 0.2) is 0 Å². The van der Waals surface area contributed by atoms with Crippen molar-refractivity contribution < 1.29 is 19.5 Å². The molecule has 9 heteroatoms. The molecule has 0 aliphatic rings. The zero-order valence-electron chi connectivity index (χ0n) is 10.3. The first-order valence-corrected chi connectivity index (χ1v) is 5.14. The molecule has 0 unspecified atom stereocenters. The van der Waals surface area contributed by atoms with Gasteiger partial charge in [-0.2, -0.15) is 11.5 Å². The van der Waals surface area contributed by atoms with E-state index in [0.29, 0.717) is 5.56 Å². The predicted octanol–water partition coefficient (Wildman–Crippen LogP) is -0.588. The molecule has 0 atom stereocenters. The molecule has 0 aliphatic heterocycles. The summed E-state index contributed by atoms with van der Waals surface area (Å²) in [6.45, 7) is 1.72. The van der Waals surface area contributed by atoms with E-state index in [4.69, 9.17) is 5.11 Å². The fraction of sp³-hybridized carbons (Fsp3) is 0.400. The molecule has 0 radical (unpaired) electrons. The zero-order valence-corrected chi connectivity index (χ0v) is 12.7. The molecule has 110 valence electrons. The summed E-state index contributed by atoms with van der Waals surface area (Å²) >= 11 is 0. The maximum atomic E-state index is 11.5. The fourth-order valence-electron chi connectivity index (χ4n) is 1.47. The number of nitrogens with zero attached hydrogens (tertiary/aromatic N) is 2. The van der Waals surface area contributed by atoms with E-state index in [9.17, 15) is 14.4 Å². The van der Waals surface area contributed by atoms with Crippen LogP contribution in [0.4, 0.5) is 5.82 Å². The molecule has 0 spiro atoms. The molecular formula is C10H13FmN4O4-. The van der Waals surface area contributed by atoms with Gasteiger partial charge in [0.15, 0.2) is 11.5 Å². The number of carboxylic acids is 1. The summed E-state index contributed by atoms with van der Waals surface area (Å²) in [5.74, 6) is -1.27. The summed E-state index contributed by atoms with van der Waals surface area (Å²) in [5.41, 5.74) is 0.401. The number of nitrogens with one attached hydrogen (secondary N) is 2. The van der Waals surface area contributed by atoms with Crippen LogP contribution < -0.4 is 10.6 Å². The van der Waals surface area contributed by atoms with Crippen molar-refractivity contribution in [3.05, 3.63) is 11.3 Å². The van der Waals surface area contributed by atoms with Crippen LogP contribution in [0.5, 0.6) is 0 Å². The van der Waals surface area contributed by atoms with Crippen LogP contribution >= 0.6 is 0 Å². The summed E-state index contributed by atoms with van der Waals surface area (Å²) < 4.78 is 1.19. The summed E-state index contributed by atoms with van der Waals surface area (Å²) in [6, 6.07) is 0. The molecule has 1 rings (SSSR count). The van der Waals surface area contributed by atoms with E-state index in [1.807, 2.05) is 0 Å². The number of hydrogen-bond donors (Lipinski definition) is 3. The topological polar surface area (TPSA) is 113 Å². The Morgan fingerprint density at radius 1 is 1.47 bits per heavy atom. The van der Waals surface area contributed by atoms with Crippen LogP contribution in [0.2, 0.25) is 0 Å². The van der Waals surface area contributed by atoms with Crippen molar-refractivity contribution in [1.82, 2.24) is 15.1 Å². The second-order valence-electron chi connectivity index (χ2n) is 3.58. The van der Waals surface area contributed by atoms with Crippen LogP contribution in [0, 0.1) is 6.92 Å². The predicted molar refractivity (Wildman–Crippen MR) is 61.8 cm³/mol. The van der Waals surface area contributed by atoms with Crippen LogP contribution in [0.1, 0.15) is 22.5 Å². The number of carboxylic acid groups (broad SMARTS) is 1. The van der Waals surface area contributed by atoms with Gasteiger partial charge in [0.1, 0.15) is 0 Å². The Morgan fingerprint density at radius 3 is 2.58 bits per heavy atom. The average molecular weight is 510 g/mol. The number of aromatic carboxylic acids is 1. The van der Waals surface area contributed by atoms with Crippen molar-refractivity contribution in [2.75, 3.05) is 11.9 Å². The third kappa shape index (κ3) is 3.55. The van der Waals surface area contributed by atoms with Crippen molar-refractivity contribution in [1.29, 1.82) is 0 Å². The molecule has 0 aromatic carbocycles. The minimum Gasteiger partial charge on any atom is -0.529 e. The molecular weight excluding hydrogens is 497 g/mol. The Bertz CT molecular complexity index is 486. The van der Waals surface area contributed by atoms with Gasteiger partial charge >= 0.3 is 5.97 Å². The van der Waals surface area contributed by atoms with E-state index in [2.05, 4.69) is 15.7 Å². The molecule has 8 nitrogen and oxygen atoms in total. The van der Waals surface area contributed by atoms with Crippen LogP contribution in [0.25, 0.3) is 0 Å². The van der Waals surface area contributed by atoms with E-state index in [0.717, 1.165) is 0 Å². The number of aromatic nitrogens is 2. The number of amides is 2. The van der Waals surface area contributed by atoms with E-state index in [1.165, 1.54) is 18.1 Å². The summed E-state index contributed by atoms with van der Waals surface area (Å²) in [6.07, 6.45) is 1.51. The smallest absolute Gasteiger partial charge is 0.354 e. The van der Waals surface area contributed by atoms with Gasteiger partial charge in [0.2, 0.25) is 5.91 Å². The van der Waals surface area contributed by atoms with Gasteiger partial charge in [0.25, 0.3) is 0 Å². The molecule has 2 amide bonds. The third-order valence-electron chi connectivity index (χ3n) is 2.29. The summed E-state index contributed by atoms with van der Waals surface area (Å²) in [4.78, 5) is 32.3. The van der Waals surface area contributed by atoms with Crippen LogP contribution in [0.3, 0.4) is 0 Å². The number of carbonyl (C=O) groups is 2. The Morgan fingerprint density at radius 2 is 2.11 bits per heavy atom. The standard InChI is InChI=1S/C10H13N4O4.Fm/c1-6-8(10(17)18)14(2)13-9(6)12-7(16)3-4-11-5-15;/h3-4H2,1-2H3,(H,11,15)(H,17,18)(H,12,13,16);/q-1;.